The monoisotopic (exact) mass is 475 g/mol. The summed E-state index contributed by atoms with van der Waals surface area (Å²) in [6.07, 6.45) is -0.0276. The summed E-state index contributed by atoms with van der Waals surface area (Å²) in [5, 5.41) is 5.00. The number of thiophene rings is 1. The second-order valence-electron chi connectivity index (χ2n) is 7.63. The van der Waals surface area contributed by atoms with Crippen LogP contribution in [0.25, 0.3) is 10.6 Å². The highest BCUT2D eigenvalue weighted by molar-refractivity contribution is 7.13. The van der Waals surface area contributed by atoms with Crippen molar-refractivity contribution in [3.8, 4) is 10.6 Å². The number of carbonyl (C=O) groups is 1. The van der Waals surface area contributed by atoms with E-state index in [0.717, 1.165) is 4.88 Å². The predicted molar refractivity (Wildman–Crippen MR) is 124 cm³/mol. The van der Waals surface area contributed by atoms with Crippen LogP contribution in [0.4, 0.5) is 4.39 Å². The summed E-state index contributed by atoms with van der Waals surface area (Å²) >= 11 is 7.83. The lowest BCUT2D eigenvalue weighted by atomic mass is 10.0. The molecule has 0 saturated carbocycles. The number of nitrogens with zero attached hydrogens (tertiary/aromatic N) is 1. The molecule has 6 nitrogen and oxygen atoms in total. The van der Waals surface area contributed by atoms with Gasteiger partial charge in [-0.2, -0.15) is 0 Å². The van der Waals surface area contributed by atoms with E-state index in [1.54, 1.807) is 18.2 Å². The van der Waals surface area contributed by atoms with Crippen LogP contribution in [0.1, 0.15) is 28.9 Å². The van der Waals surface area contributed by atoms with Crippen LogP contribution < -0.4 is 10.9 Å². The number of H-pyrrole nitrogens is 1. The zero-order valence-corrected chi connectivity index (χ0v) is 19.0. The van der Waals surface area contributed by atoms with Gasteiger partial charge in [0.05, 0.1) is 29.3 Å². The molecule has 1 fully saturated rings. The number of benzene rings is 1. The molecule has 1 amide bonds. The summed E-state index contributed by atoms with van der Waals surface area (Å²) in [5.74, 6) is -0.961. The van der Waals surface area contributed by atoms with Crippen molar-refractivity contribution in [2.24, 2.45) is 0 Å². The second kappa shape index (κ2) is 9.95. The minimum absolute atomic E-state index is 0.000896. The van der Waals surface area contributed by atoms with Crippen LogP contribution in [0.5, 0.6) is 0 Å². The van der Waals surface area contributed by atoms with Gasteiger partial charge >= 0.3 is 0 Å². The third kappa shape index (κ3) is 4.94. The topological polar surface area (TPSA) is 74.4 Å². The number of hydrogen-bond acceptors (Lipinski definition) is 5. The van der Waals surface area contributed by atoms with Crippen LogP contribution in [-0.2, 0) is 4.74 Å². The largest absolute Gasteiger partial charge is 0.376 e. The molecule has 2 aromatic heterocycles. The number of nitrogens with one attached hydrogen (secondary N) is 2. The van der Waals surface area contributed by atoms with Crippen molar-refractivity contribution in [1.29, 1.82) is 0 Å². The Bertz CT molecular complexity index is 1130. The summed E-state index contributed by atoms with van der Waals surface area (Å²) in [7, 11) is 0. The van der Waals surface area contributed by atoms with Crippen molar-refractivity contribution >= 4 is 28.8 Å². The maximum absolute atomic E-state index is 14.7. The van der Waals surface area contributed by atoms with E-state index in [1.807, 2.05) is 29.3 Å². The highest BCUT2D eigenvalue weighted by Crippen LogP contribution is 2.31. The number of aromatic nitrogens is 1. The van der Waals surface area contributed by atoms with Gasteiger partial charge in [0.25, 0.3) is 11.5 Å². The van der Waals surface area contributed by atoms with E-state index in [2.05, 4.69) is 10.3 Å². The van der Waals surface area contributed by atoms with Crippen LogP contribution in [0.15, 0.2) is 52.6 Å². The Morgan fingerprint density at radius 1 is 1.34 bits per heavy atom. The molecule has 1 aromatic carbocycles. The van der Waals surface area contributed by atoms with Crippen LogP contribution in [-0.4, -0.2) is 48.1 Å². The number of rotatable bonds is 6. The van der Waals surface area contributed by atoms with E-state index in [-0.39, 0.29) is 18.2 Å². The molecule has 3 heterocycles. The first kappa shape index (κ1) is 22.7. The molecule has 0 bridgehead atoms. The highest BCUT2D eigenvalue weighted by Gasteiger charge is 2.30. The van der Waals surface area contributed by atoms with Crippen molar-refractivity contribution < 1.29 is 13.9 Å². The molecular weight excluding hydrogens is 453 g/mol. The van der Waals surface area contributed by atoms with Crippen LogP contribution >= 0.6 is 22.9 Å². The first-order valence-electron chi connectivity index (χ1n) is 10.3. The molecule has 168 valence electrons. The summed E-state index contributed by atoms with van der Waals surface area (Å²) in [4.78, 5) is 31.0. The fraction of sp³-hybridized carbons (Fsp3) is 0.304. The van der Waals surface area contributed by atoms with Gasteiger partial charge in [-0.25, -0.2) is 4.39 Å². The molecule has 0 spiro atoms. The molecule has 0 aliphatic carbocycles. The Morgan fingerprint density at radius 3 is 2.88 bits per heavy atom. The van der Waals surface area contributed by atoms with Gasteiger partial charge in [-0.3, -0.25) is 14.5 Å². The molecule has 1 aliphatic rings. The molecule has 9 heteroatoms. The number of ether oxygens (including phenoxy) is 1. The number of aromatic amines is 1. The van der Waals surface area contributed by atoms with Gasteiger partial charge in [0.15, 0.2) is 0 Å². The number of hydrogen-bond donors (Lipinski definition) is 2. The third-order valence-corrected chi connectivity index (χ3v) is 6.68. The summed E-state index contributed by atoms with van der Waals surface area (Å²) in [6.45, 7) is 3.69. The molecular formula is C23H23ClFN3O3S. The van der Waals surface area contributed by atoms with Gasteiger partial charge in [0.1, 0.15) is 11.4 Å². The van der Waals surface area contributed by atoms with Crippen LogP contribution in [0, 0.1) is 5.82 Å². The van der Waals surface area contributed by atoms with Crippen LogP contribution in [0.3, 0.4) is 0 Å². The maximum Gasteiger partial charge on any atom is 0.261 e. The summed E-state index contributed by atoms with van der Waals surface area (Å²) in [5.41, 5.74) is 0.498. The smallest absolute Gasteiger partial charge is 0.261 e. The standard InChI is InChI=1S/C23H23ClFN3O3S/c1-14-13-28(9-10-31-14)19(21-16(24)4-2-5-17(21)25)12-26-22(29)15-7-8-18(27-23(15)30)20-6-3-11-32-20/h2-8,11,14,19H,9-10,12-13H2,1H3,(H,26,29)(H,27,30). The number of halogens is 2. The Labute approximate surface area is 194 Å². The fourth-order valence-corrected chi connectivity index (χ4v) is 4.88. The van der Waals surface area contributed by atoms with Crippen molar-refractivity contribution in [2.45, 2.75) is 19.1 Å². The van der Waals surface area contributed by atoms with E-state index in [1.165, 1.54) is 23.5 Å². The average Bonchev–Trinajstić information content (AvgIpc) is 3.30. The Balaban J connectivity index is 1.55. The molecule has 0 radical (unpaired) electrons. The van der Waals surface area contributed by atoms with E-state index in [4.69, 9.17) is 16.3 Å². The SMILES string of the molecule is CC1CN(C(CNC(=O)c2ccc(-c3cccs3)[nH]c2=O)c2c(F)cccc2Cl)CCO1. The Kier molecular flexibility index (Phi) is 7.05. The lowest BCUT2D eigenvalue weighted by molar-refractivity contribution is -0.0346. The summed E-state index contributed by atoms with van der Waals surface area (Å²) in [6, 6.07) is 11.0. The number of pyridine rings is 1. The minimum atomic E-state index is -0.525. The highest BCUT2D eigenvalue weighted by atomic mass is 35.5. The van der Waals surface area contributed by atoms with Gasteiger partial charge < -0.3 is 15.0 Å². The van der Waals surface area contributed by atoms with Gasteiger partial charge in [-0.05, 0) is 42.6 Å². The molecule has 2 atom stereocenters. The Hall–Kier alpha value is -2.52. The normalized spacial score (nSPS) is 17.8. The first-order chi connectivity index (χ1) is 15.4. The molecule has 32 heavy (non-hydrogen) atoms. The van der Waals surface area contributed by atoms with E-state index in [9.17, 15) is 14.0 Å². The number of morpholine rings is 1. The quantitative estimate of drug-likeness (QED) is 0.563. The zero-order chi connectivity index (χ0) is 22.7. The predicted octanol–water partition coefficient (Wildman–Crippen LogP) is 4.09. The molecule has 2 unspecified atom stereocenters. The van der Waals surface area contributed by atoms with E-state index in [0.29, 0.717) is 36.0 Å². The van der Waals surface area contributed by atoms with Gasteiger partial charge in [-0.15, -0.1) is 11.3 Å². The van der Waals surface area contributed by atoms with Crippen molar-refractivity contribution in [3.05, 3.63) is 80.2 Å². The lowest BCUT2D eigenvalue weighted by Crippen LogP contribution is -2.47. The second-order valence-corrected chi connectivity index (χ2v) is 8.98. The molecule has 3 aromatic rings. The Morgan fingerprint density at radius 2 is 2.19 bits per heavy atom. The van der Waals surface area contributed by atoms with Gasteiger partial charge in [0.2, 0.25) is 0 Å². The molecule has 1 saturated heterocycles. The number of amides is 1. The molecule has 2 N–H and O–H groups in total. The van der Waals surface area contributed by atoms with Gasteiger partial charge in [-0.1, -0.05) is 23.7 Å². The summed E-state index contributed by atoms with van der Waals surface area (Å²) < 4.78 is 20.3. The van der Waals surface area contributed by atoms with Crippen molar-refractivity contribution in [2.75, 3.05) is 26.2 Å². The van der Waals surface area contributed by atoms with Crippen LogP contribution in [0.2, 0.25) is 5.02 Å². The van der Waals surface area contributed by atoms with E-state index >= 15 is 0 Å². The lowest BCUT2D eigenvalue weighted by Gasteiger charge is -2.38. The van der Waals surface area contributed by atoms with Crippen molar-refractivity contribution in [3.63, 3.8) is 0 Å². The van der Waals surface area contributed by atoms with E-state index < -0.39 is 23.3 Å². The maximum atomic E-state index is 14.7. The fourth-order valence-electron chi connectivity index (χ4n) is 3.88. The first-order valence-corrected chi connectivity index (χ1v) is 11.5. The van der Waals surface area contributed by atoms with Gasteiger partial charge in [0, 0.05) is 30.2 Å². The van der Waals surface area contributed by atoms with Crippen molar-refractivity contribution in [1.82, 2.24) is 15.2 Å². The molecule has 4 rings (SSSR count). The number of carbonyl (C=O) groups excluding carboxylic acids is 1. The average molecular weight is 476 g/mol. The molecule has 1 aliphatic heterocycles. The third-order valence-electron chi connectivity index (χ3n) is 5.44. The minimum Gasteiger partial charge on any atom is -0.376 e. The zero-order valence-electron chi connectivity index (χ0n) is 17.4.